The molecule has 2 heterocycles. The molecular formula is C20H28N3O4+. The molecule has 1 unspecified atom stereocenters. The molecule has 2 aromatic rings. The van der Waals surface area contributed by atoms with Crippen molar-refractivity contribution in [2.45, 2.75) is 38.6 Å². The van der Waals surface area contributed by atoms with Crippen LogP contribution < -0.4 is 10.2 Å². The minimum absolute atomic E-state index is 0.137. The molecule has 1 aromatic carbocycles. The fourth-order valence-corrected chi connectivity index (χ4v) is 3.97. The number of benzene rings is 1. The maximum Gasteiger partial charge on any atom is 0.356 e. The second-order valence-corrected chi connectivity index (χ2v) is 7.25. The SMILES string of the molecule is COC(=O)c1[nH]c2ccc(C)cc2c1NC(=O)C[NH+]1CCCC[C@H]1CCO. The third-order valence-electron chi connectivity index (χ3n) is 5.35. The molecule has 0 bridgehead atoms. The Morgan fingerprint density at radius 1 is 1.37 bits per heavy atom. The zero-order chi connectivity index (χ0) is 19.4. The highest BCUT2D eigenvalue weighted by molar-refractivity contribution is 6.11. The summed E-state index contributed by atoms with van der Waals surface area (Å²) < 4.78 is 4.86. The van der Waals surface area contributed by atoms with Crippen LogP contribution in [0.4, 0.5) is 5.69 Å². The van der Waals surface area contributed by atoms with Crippen LogP contribution in [0, 0.1) is 6.92 Å². The number of fused-ring (bicyclic) bond motifs is 1. The summed E-state index contributed by atoms with van der Waals surface area (Å²) in [5.74, 6) is -0.648. The van der Waals surface area contributed by atoms with E-state index in [4.69, 9.17) is 4.74 Å². The van der Waals surface area contributed by atoms with Gasteiger partial charge in [0, 0.05) is 23.9 Å². The first-order valence-corrected chi connectivity index (χ1v) is 9.49. The number of aromatic amines is 1. The molecule has 0 aliphatic carbocycles. The van der Waals surface area contributed by atoms with E-state index < -0.39 is 5.97 Å². The smallest absolute Gasteiger partial charge is 0.356 e. The maximum absolute atomic E-state index is 12.8. The minimum Gasteiger partial charge on any atom is -0.464 e. The Morgan fingerprint density at radius 2 is 2.19 bits per heavy atom. The number of piperidine rings is 1. The Kier molecular flexibility index (Phi) is 6.13. The number of carbonyl (C=O) groups is 2. The van der Waals surface area contributed by atoms with E-state index in [1.165, 1.54) is 12.0 Å². The van der Waals surface area contributed by atoms with Crippen molar-refractivity contribution in [1.29, 1.82) is 0 Å². The molecule has 1 amide bonds. The number of amides is 1. The molecule has 27 heavy (non-hydrogen) atoms. The van der Waals surface area contributed by atoms with Gasteiger partial charge in [0.05, 0.1) is 25.4 Å². The topological polar surface area (TPSA) is 95.9 Å². The van der Waals surface area contributed by atoms with Gasteiger partial charge in [-0.05, 0) is 38.3 Å². The predicted octanol–water partition coefficient (Wildman–Crippen LogP) is 1.02. The zero-order valence-corrected chi connectivity index (χ0v) is 15.9. The number of hydrogen-bond acceptors (Lipinski definition) is 4. The number of esters is 1. The van der Waals surface area contributed by atoms with E-state index in [0.29, 0.717) is 24.7 Å². The maximum atomic E-state index is 12.8. The van der Waals surface area contributed by atoms with Crippen molar-refractivity contribution >= 4 is 28.5 Å². The van der Waals surface area contributed by atoms with E-state index >= 15 is 0 Å². The van der Waals surface area contributed by atoms with Gasteiger partial charge < -0.3 is 25.0 Å². The van der Waals surface area contributed by atoms with Crippen molar-refractivity contribution in [2.24, 2.45) is 0 Å². The van der Waals surface area contributed by atoms with E-state index in [1.54, 1.807) is 0 Å². The Labute approximate surface area is 158 Å². The van der Waals surface area contributed by atoms with E-state index in [9.17, 15) is 14.7 Å². The van der Waals surface area contributed by atoms with Crippen LogP contribution in [0.2, 0.25) is 0 Å². The van der Waals surface area contributed by atoms with Gasteiger partial charge in [0.2, 0.25) is 0 Å². The molecule has 0 spiro atoms. The third-order valence-corrected chi connectivity index (χ3v) is 5.35. The van der Waals surface area contributed by atoms with Crippen LogP contribution in [-0.4, -0.2) is 54.8 Å². The molecular weight excluding hydrogens is 346 g/mol. The Balaban J connectivity index is 1.83. The number of quaternary nitrogens is 1. The molecule has 146 valence electrons. The summed E-state index contributed by atoms with van der Waals surface area (Å²) in [7, 11) is 1.32. The lowest BCUT2D eigenvalue weighted by Crippen LogP contribution is -3.17. The molecule has 0 radical (unpaired) electrons. The summed E-state index contributed by atoms with van der Waals surface area (Å²) in [4.78, 5) is 29.2. The Bertz CT molecular complexity index is 828. The highest BCUT2D eigenvalue weighted by Crippen LogP contribution is 2.29. The van der Waals surface area contributed by atoms with Gasteiger partial charge in [-0.15, -0.1) is 0 Å². The van der Waals surface area contributed by atoms with Gasteiger partial charge in [-0.1, -0.05) is 11.6 Å². The fraction of sp³-hybridized carbons (Fsp3) is 0.500. The number of aromatic nitrogens is 1. The highest BCUT2D eigenvalue weighted by atomic mass is 16.5. The van der Waals surface area contributed by atoms with Gasteiger partial charge in [-0.3, -0.25) is 4.79 Å². The van der Waals surface area contributed by atoms with Crippen molar-refractivity contribution < 1.29 is 24.3 Å². The molecule has 4 N–H and O–H groups in total. The number of aliphatic hydroxyl groups is 1. The van der Waals surface area contributed by atoms with Crippen molar-refractivity contribution in [3.8, 4) is 0 Å². The monoisotopic (exact) mass is 374 g/mol. The molecule has 2 atom stereocenters. The summed E-state index contributed by atoms with van der Waals surface area (Å²) in [6, 6.07) is 6.08. The first-order valence-electron chi connectivity index (χ1n) is 9.49. The normalized spacial score (nSPS) is 19.8. The number of aryl methyl sites for hydroxylation is 1. The average Bonchev–Trinajstić information content (AvgIpc) is 3.00. The van der Waals surface area contributed by atoms with E-state index in [1.807, 2.05) is 25.1 Å². The molecule has 1 fully saturated rings. The van der Waals surface area contributed by atoms with Crippen LogP contribution in [0.3, 0.4) is 0 Å². The summed E-state index contributed by atoms with van der Waals surface area (Å²) in [6.45, 7) is 3.36. The number of aliphatic hydroxyl groups excluding tert-OH is 1. The standard InChI is InChI=1S/C20H27N3O4/c1-13-6-7-16-15(11-13)18(19(21-16)20(26)27-2)22-17(25)12-23-9-4-3-5-14(23)8-10-24/h6-7,11,14,21,24H,3-5,8-10,12H2,1-2H3,(H,22,25)/p+1/t14-/m0/s1. The number of hydrogen-bond donors (Lipinski definition) is 4. The molecule has 3 rings (SSSR count). The van der Waals surface area contributed by atoms with Crippen molar-refractivity contribution in [1.82, 2.24) is 4.98 Å². The van der Waals surface area contributed by atoms with Gasteiger partial charge in [0.15, 0.2) is 6.54 Å². The molecule has 7 heteroatoms. The highest BCUT2D eigenvalue weighted by Gasteiger charge is 2.28. The first-order chi connectivity index (χ1) is 13.0. The third kappa shape index (κ3) is 4.31. The number of H-pyrrole nitrogens is 1. The summed E-state index contributed by atoms with van der Waals surface area (Å²) in [6.07, 6.45) is 3.97. The van der Waals surface area contributed by atoms with Gasteiger partial charge >= 0.3 is 5.97 Å². The number of carbonyl (C=O) groups excluding carboxylic acids is 2. The lowest BCUT2D eigenvalue weighted by Gasteiger charge is -2.31. The first kappa shape index (κ1) is 19.4. The fourth-order valence-electron chi connectivity index (χ4n) is 3.97. The zero-order valence-electron chi connectivity index (χ0n) is 15.9. The summed E-state index contributed by atoms with van der Waals surface area (Å²) >= 11 is 0. The molecule has 1 saturated heterocycles. The Hall–Kier alpha value is -2.38. The minimum atomic E-state index is -0.511. The van der Waals surface area contributed by atoms with Crippen molar-refractivity contribution in [3.63, 3.8) is 0 Å². The van der Waals surface area contributed by atoms with E-state index in [0.717, 1.165) is 42.3 Å². The van der Waals surface area contributed by atoms with Crippen LogP contribution in [0.5, 0.6) is 0 Å². The van der Waals surface area contributed by atoms with Crippen LogP contribution >= 0.6 is 0 Å². The van der Waals surface area contributed by atoms with Crippen LogP contribution in [0.25, 0.3) is 10.9 Å². The van der Waals surface area contributed by atoms with E-state index in [2.05, 4.69) is 10.3 Å². The Morgan fingerprint density at radius 3 is 2.93 bits per heavy atom. The molecule has 1 aliphatic rings. The predicted molar refractivity (Wildman–Crippen MR) is 103 cm³/mol. The van der Waals surface area contributed by atoms with Crippen LogP contribution in [0.1, 0.15) is 41.7 Å². The second kappa shape index (κ2) is 8.54. The van der Waals surface area contributed by atoms with Crippen LogP contribution in [0.15, 0.2) is 18.2 Å². The van der Waals surface area contributed by atoms with Crippen molar-refractivity contribution in [3.05, 3.63) is 29.5 Å². The number of likely N-dealkylation sites (tertiary alicyclic amines) is 1. The van der Waals surface area contributed by atoms with Gasteiger partial charge in [-0.25, -0.2) is 4.79 Å². The van der Waals surface area contributed by atoms with Gasteiger partial charge in [-0.2, -0.15) is 0 Å². The molecule has 1 aliphatic heterocycles. The molecule has 1 aromatic heterocycles. The quantitative estimate of drug-likeness (QED) is 0.568. The largest absolute Gasteiger partial charge is 0.464 e. The van der Waals surface area contributed by atoms with Gasteiger partial charge in [0.25, 0.3) is 5.91 Å². The number of ether oxygens (including phenoxy) is 1. The number of methoxy groups -OCH3 is 1. The second-order valence-electron chi connectivity index (χ2n) is 7.25. The number of nitrogens with one attached hydrogen (secondary N) is 3. The van der Waals surface area contributed by atoms with Crippen LogP contribution in [-0.2, 0) is 9.53 Å². The number of anilines is 1. The van der Waals surface area contributed by atoms with Gasteiger partial charge in [0.1, 0.15) is 5.69 Å². The average molecular weight is 374 g/mol. The van der Waals surface area contributed by atoms with Crippen molar-refractivity contribution in [2.75, 3.05) is 32.1 Å². The molecule has 7 nitrogen and oxygen atoms in total. The number of rotatable bonds is 6. The molecule has 0 saturated carbocycles. The lowest BCUT2D eigenvalue weighted by molar-refractivity contribution is -0.923. The van der Waals surface area contributed by atoms with E-state index in [-0.39, 0.29) is 18.2 Å². The summed E-state index contributed by atoms with van der Waals surface area (Å²) in [5.41, 5.74) is 2.55. The lowest BCUT2D eigenvalue weighted by atomic mass is 9.99. The summed E-state index contributed by atoms with van der Waals surface area (Å²) in [5, 5.41) is 13.0.